The second-order valence-electron chi connectivity index (χ2n) is 1.34. The minimum atomic E-state index is 0. The molecule has 0 heterocycles. The molecule has 0 aliphatic heterocycles. The summed E-state index contributed by atoms with van der Waals surface area (Å²) in [6, 6.07) is 0. The average Bonchev–Trinajstić information content (AvgIpc) is 0.811. The summed E-state index contributed by atoms with van der Waals surface area (Å²) < 4.78 is 0. The first kappa shape index (κ1) is 23.8. The summed E-state index contributed by atoms with van der Waals surface area (Å²) in [5.41, 5.74) is 0. The van der Waals surface area contributed by atoms with Gasteiger partial charge in [0.25, 0.3) is 0 Å². The van der Waals surface area contributed by atoms with Crippen molar-refractivity contribution in [2.24, 2.45) is 0 Å². The lowest BCUT2D eigenvalue weighted by Gasteiger charge is -1.90. The van der Waals surface area contributed by atoms with E-state index in [-0.39, 0.29) is 50.9 Å². The summed E-state index contributed by atoms with van der Waals surface area (Å²) in [6.07, 6.45) is 0. The van der Waals surface area contributed by atoms with E-state index in [9.17, 15) is 0 Å². The first-order valence-corrected chi connectivity index (χ1v) is 1.34. The van der Waals surface area contributed by atoms with Crippen molar-refractivity contribution >= 4 is 50.9 Å². The van der Waals surface area contributed by atoms with Crippen molar-refractivity contribution in [3.63, 3.8) is 0 Å². The number of rotatable bonds is 0. The molecule has 0 aliphatic rings. The van der Waals surface area contributed by atoms with Gasteiger partial charge in [0, 0.05) is 0 Å². The second kappa shape index (κ2) is 15.7. The Morgan fingerprint density at radius 1 is 0.714 bits per heavy atom. The van der Waals surface area contributed by atoms with E-state index < -0.39 is 0 Å². The molecule has 0 fully saturated rings. The Balaban J connectivity index is -0.0000000150. The zero-order valence-electron chi connectivity index (χ0n) is 4.67. The Morgan fingerprint density at radius 2 is 0.714 bits per heavy atom. The van der Waals surface area contributed by atoms with Crippen LogP contribution in [-0.4, -0.2) is 26.0 Å². The van der Waals surface area contributed by atoms with Crippen molar-refractivity contribution in [2.45, 2.75) is 0 Å². The zero-order valence-corrected chi connectivity index (χ0v) is 9.81. The van der Waals surface area contributed by atoms with Gasteiger partial charge in [-0.3, -0.25) is 0 Å². The standard InChI is InChI=1S/C3H9N.3BrH/c1-4(2)3;;;/h1-3H3;3*1H. The van der Waals surface area contributed by atoms with Crippen LogP contribution in [0.25, 0.3) is 0 Å². The molecule has 4 heteroatoms. The third-order valence-electron chi connectivity index (χ3n) is 0. The van der Waals surface area contributed by atoms with Crippen LogP contribution in [0.15, 0.2) is 0 Å². The molecule has 7 heavy (non-hydrogen) atoms. The van der Waals surface area contributed by atoms with Crippen molar-refractivity contribution in [3.05, 3.63) is 0 Å². The van der Waals surface area contributed by atoms with E-state index in [1.807, 2.05) is 26.0 Å². The molecule has 0 bridgehead atoms. The van der Waals surface area contributed by atoms with Crippen molar-refractivity contribution < 1.29 is 0 Å². The molecule has 0 unspecified atom stereocenters. The highest BCUT2D eigenvalue weighted by molar-refractivity contribution is 8.93. The van der Waals surface area contributed by atoms with Gasteiger partial charge in [-0.1, -0.05) is 0 Å². The molecule has 0 atom stereocenters. The molecule has 0 spiro atoms. The maximum absolute atomic E-state index is 2.00. The molecular formula is C3H12Br3N. The molecule has 0 aromatic rings. The summed E-state index contributed by atoms with van der Waals surface area (Å²) in [7, 11) is 6.00. The van der Waals surface area contributed by atoms with Gasteiger partial charge in [0.1, 0.15) is 0 Å². The van der Waals surface area contributed by atoms with Crippen LogP contribution >= 0.6 is 50.9 Å². The van der Waals surface area contributed by atoms with E-state index in [0.29, 0.717) is 0 Å². The Bertz CT molecular complexity index is 14.9. The van der Waals surface area contributed by atoms with Crippen LogP contribution in [0.1, 0.15) is 0 Å². The Hall–Kier alpha value is 1.40. The van der Waals surface area contributed by atoms with Crippen LogP contribution < -0.4 is 0 Å². The summed E-state index contributed by atoms with van der Waals surface area (Å²) in [6.45, 7) is 0. The van der Waals surface area contributed by atoms with Gasteiger partial charge in [0.2, 0.25) is 0 Å². The van der Waals surface area contributed by atoms with E-state index in [1.165, 1.54) is 0 Å². The first-order chi connectivity index (χ1) is 1.73. The molecule has 0 amide bonds. The van der Waals surface area contributed by atoms with Crippen LogP contribution in [0.5, 0.6) is 0 Å². The van der Waals surface area contributed by atoms with Gasteiger partial charge in [-0.05, 0) is 21.1 Å². The SMILES string of the molecule is Br.Br.Br.CN(C)C. The number of nitrogens with zero attached hydrogens (tertiary/aromatic N) is 1. The molecule has 0 aromatic carbocycles. The lowest BCUT2D eigenvalue weighted by atomic mass is 11.0. The molecule has 0 radical (unpaired) electrons. The molecule has 0 N–H and O–H groups in total. The van der Waals surface area contributed by atoms with Gasteiger partial charge >= 0.3 is 0 Å². The fourth-order valence-electron chi connectivity index (χ4n) is 0. The normalized spacial score (nSPS) is 5.14. The van der Waals surface area contributed by atoms with Gasteiger partial charge < -0.3 is 4.90 Å². The minimum absolute atomic E-state index is 0. The minimum Gasteiger partial charge on any atom is -0.312 e. The van der Waals surface area contributed by atoms with E-state index >= 15 is 0 Å². The van der Waals surface area contributed by atoms with Crippen LogP contribution in [-0.2, 0) is 0 Å². The fraction of sp³-hybridized carbons (Fsp3) is 1.00. The van der Waals surface area contributed by atoms with E-state index in [2.05, 4.69) is 0 Å². The van der Waals surface area contributed by atoms with Crippen LogP contribution in [0, 0.1) is 0 Å². The average molecular weight is 302 g/mol. The molecule has 0 saturated carbocycles. The molecule has 50 valence electrons. The maximum atomic E-state index is 2.00. The smallest absolute Gasteiger partial charge is 0.0140 e. The highest BCUT2D eigenvalue weighted by Gasteiger charge is 1.58. The van der Waals surface area contributed by atoms with Gasteiger partial charge in [-0.25, -0.2) is 0 Å². The fourth-order valence-corrected chi connectivity index (χ4v) is 0. The Kier molecular flexibility index (Phi) is 53.1. The second-order valence-corrected chi connectivity index (χ2v) is 1.34. The lowest BCUT2D eigenvalue weighted by Crippen LogP contribution is -1.99. The van der Waals surface area contributed by atoms with Crippen LogP contribution in [0.3, 0.4) is 0 Å². The largest absolute Gasteiger partial charge is 0.312 e. The third-order valence-corrected chi connectivity index (χ3v) is 0. The van der Waals surface area contributed by atoms with Crippen molar-refractivity contribution in [1.82, 2.24) is 4.90 Å². The molecule has 0 aliphatic carbocycles. The highest BCUT2D eigenvalue weighted by atomic mass is 79.9. The Labute approximate surface area is 76.8 Å². The summed E-state index contributed by atoms with van der Waals surface area (Å²) in [5, 5.41) is 0. The summed E-state index contributed by atoms with van der Waals surface area (Å²) >= 11 is 0. The first-order valence-electron chi connectivity index (χ1n) is 1.34. The molecule has 0 saturated heterocycles. The van der Waals surface area contributed by atoms with Gasteiger partial charge in [-0.2, -0.15) is 0 Å². The molecule has 0 rings (SSSR count). The maximum Gasteiger partial charge on any atom is -0.0140 e. The van der Waals surface area contributed by atoms with E-state index in [1.54, 1.807) is 0 Å². The third kappa shape index (κ3) is 110. The molecular weight excluding hydrogens is 290 g/mol. The predicted molar refractivity (Wildman–Crippen MR) is 50.6 cm³/mol. The van der Waals surface area contributed by atoms with Crippen molar-refractivity contribution in [1.29, 1.82) is 0 Å². The van der Waals surface area contributed by atoms with Crippen LogP contribution in [0.4, 0.5) is 0 Å². The molecule has 1 nitrogen and oxygen atoms in total. The van der Waals surface area contributed by atoms with Gasteiger partial charge in [0.15, 0.2) is 0 Å². The van der Waals surface area contributed by atoms with E-state index in [4.69, 9.17) is 0 Å². The Morgan fingerprint density at radius 3 is 0.714 bits per heavy atom. The van der Waals surface area contributed by atoms with Crippen molar-refractivity contribution in [3.8, 4) is 0 Å². The number of hydrogen-bond acceptors (Lipinski definition) is 1. The monoisotopic (exact) mass is 299 g/mol. The summed E-state index contributed by atoms with van der Waals surface area (Å²) in [4.78, 5) is 2.00. The van der Waals surface area contributed by atoms with Crippen LogP contribution in [0.2, 0.25) is 0 Å². The zero-order chi connectivity index (χ0) is 3.58. The topological polar surface area (TPSA) is 3.24 Å². The molecule has 0 aromatic heterocycles. The quantitative estimate of drug-likeness (QED) is 0.661. The van der Waals surface area contributed by atoms with Crippen molar-refractivity contribution in [2.75, 3.05) is 21.1 Å². The van der Waals surface area contributed by atoms with Gasteiger partial charge in [-0.15, -0.1) is 50.9 Å². The van der Waals surface area contributed by atoms with E-state index in [0.717, 1.165) is 0 Å². The number of hydrogen-bond donors (Lipinski definition) is 0. The van der Waals surface area contributed by atoms with Gasteiger partial charge in [0.05, 0.1) is 0 Å². The number of halogens is 3. The summed E-state index contributed by atoms with van der Waals surface area (Å²) in [5.74, 6) is 0. The predicted octanol–water partition coefficient (Wildman–Crippen LogP) is 1.91. The lowest BCUT2D eigenvalue weighted by molar-refractivity contribution is 0.505. The highest BCUT2D eigenvalue weighted by Crippen LogP contribution is 1.47.